The molecule has 0 atom stereocenters. The maximum absolute atomic E-state index is 11.5. The average molecular weight is 208 g/mol. The Morgan fingerprint density at radius 2 is 1.93 bits per heavy atom. The van der Waals surface area contributed by atoms with Crippen molar-refractivity contribution in [2.45, 2.75) is 5.03 Å². The zero-order chi connectivity index (χ0) is 9.97. The highest BCUT2D eigenvalue weighted by Crippen LogP contribution is 2.12. The lowest BCUT2D eigenvalue weighted by molar-refractivity contribution is -0.599. The number of aromatic amines is 2. The monoisotopic (exact) mass is 208 g/mol. The Morgan fingerprint density at radius 3 is 2.57 bits per heavy atom. The minimum atomic E-state index is -0.106. The highest BCUT2D eigenvalue weighted by molar-refractivity contribution is 7.98. The Labute approximate surface area is 85.0 Å². The third kappa shape index (κ3) is 1.46. The molecule has 0 fully saturated rings. The second kappa shape index (κ2) is 3.71. The second-order valence-electron chi connectivity index (χ2n) is 2.74. The molecule has 0 radical (unpaired) electrons. The van der Waals surface area contributed by atoms with Crippen LogP contribution >= 0.6 is 11.8 Å². The third-order valence-corrected chi connectivity index (χ3v) is 2.60. The van der Waals surface area contributed by atoms with Gasteiger partial charge in [-0.15, -0.1) is 11.8 Å². The first kappa shape index (κ1) is 9.08. The summed E-state index contributed by atoms with van der Waals surface area (Å²) in [5, 5.41) is 6.23. The largest absolute Gasteiger partial charge is 0.337 e. The summed E-state index contributed by atoms with van der Waals surface area (Å²) in [4.78, 5) is 11.5. The molecule has 2 heterocycles. The van der Waals surface area contributed by atoms with Gasteiger partial charge in [-0.2, -0.15) is 4.57 Å². The molecular weight excluding hydrogens is 198 g/mol. The van der Waals surface area contributed by atoms with Crippen molar-refractivity contribution < 1.29 is 4.57 Å². The second-order valence-corrected chi connectivity index (χ2v) is 3.56. The van der Waals surface area contributed by atoms with Gasteiger partial charge in [-0.25, -0.2) is 0 Å². The van der Waals surface area contributed by atoms with Gasteiger partial charge in [0.2, 0.25) is 0 Å². The SMILES string of the molecule is CSc1[nH][nH]c(=O)c1-[n+]1ccccc1. The molecule has 2 aromatic heterocycles. The van der Waals surface area contributed by atoms with E-state index in [2.05, 4.69) is 10.2 Å². The van der Waals surface area contributed by atoms with Crippen molar-refractivity contribution in [3.63, 3.8) is 0 Å². The van der Waals surface area contributed by atoms with E-state index in [1.165, 1.54) is 11.8 Å². The van der Waals surface area contributed by atoms with E-state index in [-0.39, 0.29) is 5.56 Å². The summed E-state index contributed by atoms with van der Waals surface area (Å²) < 4.78 is 1.79. The van der Waals surface area contributed by atoms with Crippen LogP contribution in [0.15, 0.2) is 40.4 Å². The van der Waals surface area contributed by atoms with E-state index in [9.17, 15) is 4.79 Å². The molecule has 0 aromatic carbocycles. The molecule has 2 aromatic rings. The average Bonchev–Trinajstić information content (AvgIpc) is 2.61. The van der Waals surface area contributed by atoms with Crippen LogP contribution in [-0.2, 0) is 0 Å². The number of H-pyrrole nitrogens is 2. The lowest BCUT2D eigenvalue weighted by atomic mass is 10.4. The molecule has 2 N–H and O–H groups in total. The third-order valence-electron chi connectivity index (χ3n) is 1.90. The van der Waals surface area contributed by atoms with Gasteiger partial charge in [-0.3, -0.25) is 15.0 Å². The van der Waals surface area contributed by atoms with E-state index in [4.69, 9.17) is 0 Å². The first-order valence-corrected chi connectivity index (χ1v) is 5.36. The molecule has 0 unspecified atom stereocenters. The molecule has 2 rings (SSSR count). The number of pyridine rings is 1. The van der Waals surface area contributed by atoms with Crippen molar-refractivity contribution in [3.8, 4) is 5.69 Å². The molecule has 0 bridgehead atoms. The number of thioether (sulfide) groups is 1. The minimum absolute atomic E-state index is 0.106. The van der Waals surface area contributed by atoms with Crippen LogP contribution < -0.4 is 10.1 Å². The van der Waals surface area contributed by atoms with Gasteiger partial charge in [-0.05, 0) is 6.26 Å². The zero-order valence-electron chi connectivity index (χ0n) is 7.65. The minimum Gasteiger partial charge on any atom is -0.286 e. The van der Waals surface area contributed by atoms with Crippen molar-refractivity contribution in [2.75, 3.05) is 6.26 Å². The highest BCUT2D eigenvalue weighted by Gasteiger charge is 2.18. The predicted molar refractivity (Wildman–Crippen MR) is 54.7 cm³/mol. The summed E-state index contributed by atoms with van der Waals surface area (Å²) in [5.74, 6) is 0. The van der Waals surface area contributed by atoms with E-state index in [0.29, 0.717) is 5.69 Å². The van der Waals surface area contributed by atoms with Gasteiger partial charge in [0.1, 0.15) is 0 Å². The van der Waals surface area contributed by atoms with Gasteiger partial charge in [0.25, 0.3) is 0 Å². The molecular formula is C9H10N3OS+. The van der Waals surface area contributed by atoms with E-state index in [1.54, 1.807) is 4.57 Å². The maximum atomic E-state index is 11.5. The molecule has 4 nitrogen and oxygen atoms in total. The molecule has 0 amide bonds. The standard InChI is InChI=1S/C9H9N3OS/c1-14-9-7(8(13)10-11-9)12-5-3-2-4-6-12/h2-6H,1H3,(H-,10,11,13)/p+1. The Bertz CT molecular complexity index is 474. The number of nitrogens with one attached hydrogen (secondary N) is 2. The fraction of sp³-hybridized carbons (Fsp3) is 0.111. The quantitative estimate of drug-likeness (QED) is 0.564. The molecule has 0 spiro atoms. The molecule has 0 saturated carbocycles. The van der Waals surface area contributed by atoms with Crippen LogP contribution in [0, 0.1) is 0 Å². The Balaban J connectivity index is 2.61. The molecule has 0 aliphatic carbocycles. The van der Waals surface area contributed by atoms with Crippen molar-refractivity contribution in [2.24, 2.45) is 0 Å². The Morgan fingerprint density at radius 1 is 1.21 bits per heavy atom. The predicted octanol–water partition coefficient (Wildman–Crippen LogP) is 0.702. The zero-order valence-corrected chi connectivity index (χ0v) is 8.47. The number of nitrogens with zero attached hydrogens (tertiary/aromatic N) is 1. The van der Waals surface area contributed by atoms with Crippen LogP contribution in [0.1, 0.15) is 0 Å². The Hall–Kier alpha value is -1.49. The summed E-state index contributed by atoms with van der Waals surface area (Å²) in [6.45, 7) is 0. The van der Waals surface area contributed by atoms with Crippen molar-refractivity contribution in [1.82, 2.24) is 10.2 Å². The van der Waals surface area contributed by atoms with Crippen LogP contribution in [-0.4, -0.2) is 16.5 Å². The summed E-state index contributed by atoms with van der Waals surface area (Å²) in [6.07, 6.45) is 5.61. The van der Waals surface area contributed by atoms with Crippen molar-refractivity contribution in [3.05, 3.63) is 40.9 Å². The number of aromatic nitrogens is 3. The molecule has 14 heavy (non-hydrogen) atoms. The van der Waals surface area contributed by atoms with Gasteiger partial charge in [-0.1, -0.05) is 6.07 Å². The number of hydrogen-bond donors (Lipinski definition) is 2. The Kier molecular flexibility index (Phi) is 2.41. The number of rotatable bonds is 2. The summed E-state index contributed by atoms with van der Waals surface area (Å²) in [6, 6.07) is 5.68. The first-order chi connectivity index (χ1) is 6.83. The van der Waals surface area contributed by atoms with Crippen LogP contribution in [0.2, 0.25) is 0 Å². The van der Waals surface area contributed by atoms with Crippen LogP contribution in [0.4, 0.5) is 0 Å². The van der Waals surface area contributed by atoms with Gasteiger partial charge in [0.05, 0.1) is 0 Å². The molecule has 0 saturated heterocycles. The topological polar surface area (TPSA) is 52.5 Å². The van der Waals surface area contributed by atoms with Crippen molar-refractivity contribution in [1.29, 1.82) is 0 Å². The van der Waals surface area contributed by atoms with E-state index < -0.39 is 0 Å². The number of hydrogen-bond acceptors (Lipinski definition) is 2. The van der Waals surface area contributed by atoms with E-state index in [0.717, 1.165) is 5.03 Å². The van der Waals surface area contributed by atoms with Crippen LogP contribution in [0.25, 0.3) is 5.69 Å². The molecule has 5 heteroatoms. The van der Waals surface area contributed by atoms with Gasteiger partial charge < -0.3 is 0 Å². The smallest absolute Gasteiger partial charge is 0.286 e. The van der Waals surface area contributed by atoms with E-state index >= 15 is 0 Å². The lowest BCUT2D eigenvalue weighted by Gasteiger charge is -1.91. The molecule has 0 aliphatic heterocycles. The van der Waals surface area contributed by atoms with Crippen LogP contribution in [0.5, 0.6) is 0 Å². The van der Waals surface area contributed by atoms with Gasteiger partial charge in [0, 0.05) is 12.1 Å². The van der Waals surface area contributed by atoms with E-state index in [1.807, 2.05) is 36.8 Å². The highest BCUT2D eigenvalue weighted by atomic mass is 32.2. The molecule has 72 valence electrons. The van der Waals surface area contributed by atoms with Gasteiger partial charge in [0.15, 0.2) is 17.4 Å². The maximum Gasteiger partial charge on any atom is 0.337 e. The lowest BCUT2D eigenvalue weighted by Crippen LogP contribution is -2.34. The summed E-state index contributed by atoms with van der Waals surface area (Å²) >= 11 is 1.50. The first-order valence-electron chi connectivity index (χ1n) is 4.14. The molecule has 0 aliphatic rings. The fourth-order valence-corrected chi connectivity index (χ4v) is 1.81. The van der Waals surface area contributed by atoms with Gasteiger partial charge >= 0.3 is 11.2 Å². The summed E-state index contributed by atoms with van der Waals surface area (Å²) in [5.41, 5.74) is 0.531. The summed E-state index contributed by atoms with van der Waals surface area (Å²) in [7, 11) is 0. The normalized spacial score (nSPS) is 10.4. The fourth-order valence-electron chi connectivity index (χ4n) is 1.27. The van der Waals surface area contributed by atoms with Crippen molar-refractivity contribution >= 4 is 11.8 Å². The van der Waals surface area contributed by atoms with Crippen LogP contribution in [0.3, 0.4) is 0 Å².